The number of rotatable bonds is 6. The van der Waals surface area contributed by atoms with Gasteiger partial charge in [-0.25, -0.2) is 5.43 Å². The van der Waals surface area contributed by atoms with Crippen molar-refractivity contribution in [2.75, 3.05) is 5.32 Å². The van der Waals surface area contributed by atoms with E-state index in [1.165, 1.54) is 5.52 Å². The van der Waals surface area contributed by atoms with E-state index in [4.69, 9.17) is 0 Å². The maximum Gasteiger partial charge on any atom is 0.242 e. The van der Waals surface area contributed by atoms with Crippen molar-refractivity contribution < 1.29 is 4.79 Å². The van der Waals surface area contributed by atoms with Crippen LogP contribution in [0.25, 0.3) is 10.9 Å². The summed E-state index contributed by atoms with van der Waals surface area (Å²) in [5.74, 6) is 0.0310. The number of nitrogens with one attached hydrogen (secondary N) is 3. The average Bonchev–Trinajstić information content (AvgIpc) is 3.15. The quantitative estimate of drug-likeness (QED) is 0.768. The highest BCUT2D eigenvalue weighted by Crippen LogP contribution is 2.21. The first-order chi connectivity index (χ1) is 11.2. The van der Waals surface area contributed by atoms with Gasteiger partial charge in [-0.05, 0) is 43.5 Å². The standard InChI is InChI=1S/C18H26N4O/c1-3-5-15-12-16(21-20-15)18(23)19-14-6-7-17-13(11-14)8-10-22(17)9-4-2/h6-8,10-11,15-16,20-21H,3-5,9,12H2,1-2H3,(H,19,23). The molecule has 1 aliphatic heterocycles. The summed E-state index contributed by atoms with van der Waals surface area (Å²) in [6.45, 7) is 5.36. The molecule has 1 fully saturated rings. The lowest BCUT2D eigenvalue weighted by atomic mass is 10.1. The lowest BCUT2D eigenvalue weighted by Gasteiger charge is -2.11. The van der Waals surface area contributed by atoms with Gasteiger partial charge >= 0.3 is 0 Å². The molecule has 0 radical (unpaired) electrons. The summed E-state index contributed by atoms with van der Waals surface area (Å²) in [6, 6.07) is 8.45. The van der Waals surface area contributed by atoms with Gasteiger partial charge in [-0.2, -0.15) is 0 Å². The van der Waals surface area contributed by atoms with Crippen molar-refractivity contribution in [1.82, 2.24) is 15.4 Å². The van der Waals surface area contributed by atoms with Crippen LogP contribution in [0.15, 0.2) is 30.5 Å². The summed E-state index contributed by atoms with van der Waals surface area (Å²) in [5, 5.41) is 4.19. The molecule has 0 spiro atoms. The highest BCUT2D eigenvalue weighted by molar-refractivity contribution is 5.97. The van der Waals surface area contributed by atoms with Gasteiger partial charge in [0.25, 0.3) is 0 Å². The minimum atomic E-state index is -0.160. The zero-order valence-corrected chi connectivity index (χ0v) is 13.9. The van der Waals surface area contributed by atoms with Crippen LogP contribution in [0.1, 0.15) is 39.5 Å². The number of hydrogen-bond acceptors (Lipinski definition) is 3. The summed E-state index contributed by atoms with van der Waals surface area (Å²) in [4.78, 5) is 12.4. The van der Waals surface area contributed by atoms with Crippen LogP contribution >= 0.6 is 0 Å². The largest absolute Gasteiger partial charge is 0.347 e. The molecule has 2 heterocycles. The highest BCUT2D eigenvalue weighted by Gasteiger charge is 2.28. The van der Waals surface area contributed by atoms with Crippen LogP contribution in [-0.2, 0) is 11.3 Å². The topological polar surface area (TPSA) is 58.1 Å². The molecule has 5 nitrogen and oxygen atoms in total. The zero-order chi connectivity index (χ0) is 16.2. The molecule has 2 unspecified atom stereocenters. The Bertz CT molecular complexity index is 679. The van der Waals surface area contributed by atoms with Crippen LogP contribution in [0.5, 0.6) is 0 Å². The minimum absolute atomic E-state index is 0.0310. The van der Waals surface area contributed by atoms with E-state index < -0.39 is 0 Å². The Kier molecular flexibility index (Phi) is 4.98. The van der Waals surface area contributed by atoms with Crippen molar-refractivity contribution in [1.29, 1.82) is 0 Å². The van der Waals surface area contributed by atoms with Gasteiger partial charge in [0.1, 0.15) is 6.04 Å². The Morgan fingerprint density at radius 2 is 2.13 bits per heavy atom. The Hall–Kier alpha value is -1.85. The molecule has 1 aromatic heterocycles. The molecule has 124 valence electrons. The minimum Gasteiger partial charge on any atom is -0.347 e. The number of aryl methyl sites for hydroxylation is 1. The number of benzene rings is 1. The van der Waals surface area contributed by atoms with Crippen molar-refractivity contribution in [2.24, 2.45) is 0 Å². The Morgan fingerprint density at radius 1 is 1.26 bits per heavy atom. The second-order valence-electron chi connectivity index (χ2n) is 6.33. The third-order valence-electron chi connectivity index (χ3n) is 4.44. The van der Waals surface area contributed by atoms with Crippen molar-refractivity contribution in [3.05, 3.63) is 30.5 Å². The van der Waals surface area contributed by atoms with Crippen LogP contribution in [0.2, 0.25) is 0 Å². The van der Waals surface area contributed by atoms with E-state index in [9.17, 15) is 4.79 Å². The summed E-state index contributed by atoms with van der Waals surface area (Å²) in [6.07, 6.45) is 6.28. The SMILES string of the molecule is CCCC1CC(C(=O)Nc2ccc3c(ccn3CCC)c2)NN1. The van der Waals surface area contributed by atoms with Crippen LogP contribution < -0.4 is 16.2 Å². The number of carbonyl (C=O) groups excluding carboxylic acids is 1. The first-order valence-corrected chi connectivity index (χ1v) is 8.62. The van der Waals surface area contributed by atoms with Crippen molar-refractivity contribution in [3.8, 4) is 0 Å². The van der Waals surface area contributed by atoms with Gasteiger partial charge in [0, 0.05) is 35.4 Å². The van der Waals surface area contributed by atoms with Crippen LogP contribution in [-0.4, -0.2) is 22.6 Å². The molecule has 2 aromatic rings. The van der Waals surface area contributed by atoms with Crippen LogP contribution in [0.3, 0.4) is 0 Å². The summed E-state index contributed by atoms with van der Waals surface area (Å²) in [5.41, 5.74) is 8.39. The zero-order valence-electron chi connectivity index (χ0n) is 13.9. The fourth-order valence-corrected chi connectivity index (χ4v) is 3.28. The molecule has 5 heteroatoms. The van der Waals surface area contributed by atoms with E-state index in [1.54, 1.807) is 0 Å². The van der Waals surface area contributed by atoms with Crippen LogP contribution in [0, 0.1) is 0 Å². The summed E-state index contributed by atoms with van der Waals surface area (Å²) in [7, 11) is 0. The average molecular weight is 314 g/mol. The van der Waals surface area contributed by atoms with E-state index in [1.807, 2.05) is 12.1 Å². The van der Waals surface area contributed by atoms with Gasteiger partial charge in [-0.15, -0.1) is 0 Å². The molecule has 0 saturated carbocycles. The van der Waals surface area contributed by atoms with E-state index in [0.29, 0.717) is 6.04 Å². The van der Waals surface area contributed by atoms with Crippen molar-refractivity contribution in [2.45, 2.75) is 58.2 Å². The third-order valence-corrected chi connectivity index (χ3v) is 4.44. The number of amides is 1. The molecule has 3 N–H and O–H groups in total. The molecule has 0 bridgehead atoms. The molecule has 1 amide bonds. The van der Waals surface area contributed by atoms with Crippen molar-refractivity contribution >= 4 is 22.5 Å². The van der Waals surface area contributed by atoms with Gasteiger partial charge in [0.2, 0.25) is 5.91 Å². The molecular formula is C18H26N4O. The highest BCUT2D eigenvalue weighted by atomic mass is 16.2. The number of carbonyl (C=O) groups is 1. The van der Waals surface area contributed by atoms with Gasteiger partial charge in [0.15, 0.2) is 0 Å². The van der Waals surface area contributed by atoms with Crippen LogP contribution in [0.4, 0.5) is 5.69 Å². The number of hydrogen-bond donors (Lipinski definition) is 3. The predicted octanol–water partition coefficient (Wildman–Crippen LogP) is 3.03. The molecule has 1 aromatic carbocycles. The molecular weight excluding hydrogens is 288 g/mol. The predicted molar refractivity (Wildman–Crippen MR) is 94.2 cm³/mol. The first kappa shape index (κ1) is 16.0. The second-order valence-corrected chi connectivity index (χ2v) is 6.33. The molecule has 2 atom stereocenters. The molecule has 3 rings (SSSR count). The third kappa shape index (κ3) is 3.57. The Morgan fingerprint density at radius 3 is 2.91 bits per heavy atom. The molecule has 1 aliphatic rings. The van der Waals surface area contributed by atoms with E-state index >= 15 is 0 Å². The number of aromatic nitrogens is 1. The second kappa shape index (κ2) is 7.15. The van der Waals surface area contributed by atoms with Gasteiger partial charge < -0.3 is 9.88 Å². The first-order valence-electron chi connectivity index (χ1n) is 8.62. The van der Waals surface area contributed by atoms with E-state index in [2.05, 4.69) is 52.9 Å². The number of nitrogens with zero attached hydrogens (tertiary/aromatic N) is 1. The maximum atomic E-state index is 12.4. The number of anilines is 1. The fourth-order valence-electron chi connectivity index (χ4n) is 3.28. The lowest BCUT2D eigenvalue weighted by molar-refractivity contribution is -0.117. The summed E-state index contributed by atoms with van der Waals surface area (Å²) < 4.78 is 2.25. The molecule has 1 saturated heterocycles. The van der Waals surface area contributed by atoms with Gasteiger partial charge in [-0.3, -0.25) is 10.2 Å². The fraction of sp³-hybridized carbons (Fsp3) is 0.500. The molecule has 23 heavy (non-hydrogen) atoms. The Labute approximate surface area is 137 Å². The van der Waals surface area contributed by atoms with Crippen molar-refractivity contribution in [3.63, 3.8) is 0 Å². The van der Waals surface area contributed by atoms with Gasteiger partial charge in [0.05, 0.1) is 0 Å². The Balaban J connectivity index is 1.66. The number of fused-ring (bicyclic) bond motifs is 1. The number of hydrazine groups is 1. The lowest BCUT2D eigenvalue weighted by Crippen LogP contribution is -2.40. The smallest absolute Gasteiger partial charge is 0.242 e. The molecule has 0 aliphatic carbocycles. The van der Waals surface area contributed by atoms with E-state index in [-0.39, 0.29) is 11.9 Å². The summed E-state index contributed by atoms with van der Waals surface area (Å²) >= 11 is 0. The maximum absolute atomic E-state index is 12.4. The normalized spacial score (nSPS) is 21.0. The monoisotopic (exact) mass is 314 g/mol. The van der Waals surface area contributed by atoms with Gasteiger partial charge in [-0.1, -0.05) is 20.3 Å². The van der Waals surface area contributed by atoms with E-state index in [0.717, 1.165) is 43.3 Å².